The summed E-state index contributed by atoms with van der Waals surface area (Å²) in [5.74, 6) is 0. The Morgan fingerprint density at radius 1 is 1.35 bits per heavy atom. The molecule has 0 unspecified atom stereocenters. The minimum Gasteiger partial charge on any atom is -0.377 e. The molecule has 0 aromatic carbocycles. The maximum Gasteiger partial charge on any atom is 0.0729 e. The Labute approximate surface area is 101 Å². The predicted molar refractivity (Wildman–Crippen MR) is 67.8 cm³/mol. The lowest BCUT2D eigenvalue weighted by atomic mass is 10.3. The van der Waals surface area contributed by atoms with Gasteiger partial charge in [0.2, 0.25) is 0 Å². The van der Waals surface area contributed by atoms with E-state index in [2.05, 4.69) is 36.3 Å². The summed E-state index contributed by atoms with van der Waals surface area (Å²) in [6.45, 7) is 8.00. The first-order chi connectivity index (χ1) is 8.20. The highest BCUT2D eigenvalue weighted by atomic mass is 15.3. The monoisotopic (exact) mass is 233 g/mol. The number of aryl methyl sites for hydroxylation is 1. The van der Waals surface area contributed by atoms with Gasteiger partial charge in [-0.3, -0.25) is 9.36 Å². The van der Waals surface area contributed by atoms with Crippen molar-refractivity contribution in [2.75, 3.05) is 5.32 Å². The Morgan fingerprint density at radius 3 is 2.82 bits per heavy atom. The van der Waals surface area contributed by atoms with Crippen molar-refractivity contribution in [3.05, 3.63) is 30.4 Å². The van der Waals surface area contributed by atoms with Gasteiger partial charge in [-0.2, -0.15) is 10.2 Å². The second kappa shape index (κ2) is 5.03. The van der Waals surface area contributed by atoms with Crippen molar-refractivity contribution in [2.45, 2.75) is 39.9 Å². The smallest absolute Gasteiger partial charge is 0.0729 e. The molecule has 2 heterocycles. The first-order valence-corrected chi connectivity index (χ1v) is 5.99. The minimum atomic E-state index is 0.389. The zero-order valence-electron chi connectivity index (χ0n) is 10.6. The van der Waals surface area contributed by atoms with E-state index in [9.17, 15) is 0 Å². The van der Waals surface area contributed by atoms with Crippen LogP contribution in [-0.4, -0.2) is 19.6 Å². The van der Waals surface area contributed by atoms with Crippen LogP contribution in [0, 0.1) is 0 Å². The van der Waals surface area contributed by atoms with Crippen LogP contribution in [0.5, 0.6) is 0 Å². The van der Waals surface area contributed by atoms with Gasteiger partial charge in [0, 0.05) is 25.0 Å². The summed E-state index contributed by atoms with van der Waals surface area (Å²) in [6.07, 6.45) is 5.70. The first-order valence-electron chi connectivity index (χ1n) is 5.99. The van der Waals surface area contributed by atoms with E-state index in [1.807, 2.05) is 34.0 Å². The standard InChI is InChI=1S/C12H19N5/c1-4-16-9-11(7-15-16)13-8-12-5-6-14-17(12)10(2)3/h5-7,9-10,13H,4,8H2,1-3H3. The molecule has 0 aliphatic rings. The average Bonchev–Trinajstić information content (AvgIpc) is 2.95. The van der Waals surface area contributed by atoms with Gasteiger partial charge in [-0.05, 0) is 26.8 Å². The van der Waals surface area contributed by atoms with Gasteiger partial charge >= 0.3 is 0 Å². The van der Waals surface area contributed by atoms with Crippen LogP contribution in [0.15, 0.2) is 24.7 Å². The first kappa shape index (κ1) is 11.7. The fourth-order valence-corrected chi connectivity index (χ4v) is 1.77. The molecule has 0 fully saturated rings. The molecule has 0 amide bonds. The molecule has 0 bridgehead atoms. The average molecular weight is 233 g/mol. The highest BCUT2D eigenvalue weighted by Crippen LogP contribution is 2.11. The fourth-order valence-electron chi connectivity index (χ4n) is 1.77. The van der Waals surface area contributed by atoms with E-state index in [-0.39, 0.29) is 0 Å². The number of rotatable bonds is 5. The molecule has 0 atom stereocenters. The Hall–Kier alpha value is -1.78. The van der Waals surface area contributed by atoms with Crippen LogP contribution < -0.4 is 5.32 Å². The van der Waals surface area contributed by atoms with Gasteiger partial charge in [0.1, 0.15) is 0 Å². The number of anilines is 1. The zero-order valence-corrected chi connectivity index (χ0v) is 10.6. The topological polar surface area (TPSA) is 47.7 Å². The quantitative estimate of drug-likeness (QED) is 0.862. The largest absolute Gasteiger partial charge is 0.377 e. The lowest BCUT2D eigenvalue weighted by molar-refractivity contribution is 0.512. The summed E-state index contributed by atoms with van der Waals surface area (Å²) < 4.78 is 3.93. The SMILES string of the molecule is CCn1cc(NCc2ccnn2C(C)C)cn1. The summed E-state index contributed by atoms with van der Waals surface area (Å²) in [5.41, 5.74) is 2.23. The number of nitrogens with one attached hydrogen (secondary N) is 1. The number of hydrogen-bond donors (Lipinski definition) is 1. The molecule has 1 N–H and O–H groups in total. The number of hydrogen-bond acceptors (Lipinski definition) is 3. The molecule has 17 heavy (non-hydrogen) atoms. The van der Waals surface area contributed by atoms with E-state index in [0.717, 1.165) is 18.8 Å². The van der Waals surface area contributed by atoms with Gasteiger partial charge in [0.25, 0.3) is 0 Å². The molecular formula is C12H19N5. The fraction of sp³-hybridized carbons (Fsp3) is 0.500. The summed E-state index contributed by atoms with van der Waals surface area (Å²) in [4.78, 5) is 0. The Morgan fingerprint density at radius 2 is 2.18 bits per heavy atom. The molecule has 0 aliphatic heterocycles. The molecule has 92 valence electrons. The number of aromatic nitrogens is 4. The summed E-state index contributed by atoms with van der Waals surface area (Å²) in [6, 6.07) is 2.43. The van der Waals surface area contributed by atoms with Crippen molar-refractivity contribution in [1.29, 1.82) is 0 Å². The molecule has 5 heteroatoms. The molecule has 0 aliphatic carbocycles. The van der Waals surface area contributed by atoms with Crippen molar-refractivity contribution in [3.8, 4) is 0 Å². The maximum absolute atomic E-state index is 4.31. The van der Waals surface area contributed by atoms with E-state index in [1.165, 1.54) is 5.69 Å². The third-order valence-electron chi connectivity index (χ3n) is 2.67. The highest BCUT2D eigenvalue weighted by molar-refractivity contribution is 5.38. The summed E-state index contributed by atoms with van der Waals surface area (Å²) in [7, 11) is 0. The molecule has 0 spiro atoms. The Kier molecular flexibility index (Phi) is 3.46. The Bertz CT molecular complexity index is 469. The van der Waals surface area contributed by atoms with Crippen LogP contribution in [0.1, 0.15) is 32.5 Å². The van der Waals surface area contributed by atoms with Gasteiger partial charge in [0.15, 0.2) is 0 Å². The van der Waals surface area contributed by atoms with Crippen LogP contribution in [-0.2, 0) is 13.1 Å². The molecule has 2 rings (SSSR count). The maximum atomic E-state index is 4.31. The van der Waals surface area contributed by atoms with Crippen molar-refractivity contribution in [3.63, 3.8) is 0 Å². The van der Waals surface area contributed by atoms with Gasteiger partial charge in [-0.1, -0.05) is 0 Å². The lowest BCUT2D eigenvalue weighted by Gasteiger charge is -2.11. The van der Waals surface area contributed by atoms with Crippen LogP contribution in [0.4, 0.5) is 5.69 Å². The van der Waals surface area contributed by atoms with Crippen LogP contribution in [0.3, 0.4) is 0 Å². The van der Waals surface area contributed by atoms with Gasteiger partial charge in [-0.25, -0.2) is 0 Å². The molecule has 0 radical (unpaired) electrons. The van der Waals surface area contributed by atoms with E-state index in [1.54, 1.807) is 0 Å². The van der Waals surface area contributed by atoms with Crippen LogP contribution in [0.2, 0.25) is 0 Å². The third kappa shape index (κ3) is 2.67. The van der Waals surface area contributed by atoms with Gasteiger partial charge < -0.3 is 5.32 Å². The van der Waals surface area contributed by atoms with E-state index in [4.69, 9.17) is 0 Å². The molecule has 0 saturated heterocycles. The second-order valence-electron chi connectivity index (χ2n) is 4.30. The number of nitrogens with zero attached hydrogens (tertiary/aromatic N) is 4. The molecule has 0 saturated carbocycles. The van der Waals surface area contributed by atoms with E-state index < -0.39 is 0 Å². The van der Waals surface area contributed by atoms with E-state index >= 15 is 0 Å². The zero-order chi connectivity index (χ0) is 12.3. The van der Waals surface area contributed by atoms with Crippen molar-refractivity contribution >= 4 is 5.69 Å². The van der Waals surface area contributed by atoms with Crippen molar-refractivity contribution in [1.82, 2.24) is 19.6 Å². The van der Waals surface area contributed by atoms with Crippen LogP contribution >= 0.6 is 0 Å². The summed E-state index contributed by atoms with van der Waals surface area (Å²) >= 11 is 0. The van der Waals surface area contributed by atoms with Crippen molar-refractivity contribution in [2.24, 2.45) is 0 Å². The molecular weight excluding hydrogens is 214 g/mol. The lowest BCUT2D eigenvalue weighted by Crippen LogP contribution is -2.10. The minimum absolute atomic E-state index is 0.389. The normalized spacial score (nSPS) is 11.1. The molecule has 2 aromatic rings. The second-order valence-corrected chi connectivity index (χ2v) is 4.30. The molecule has 2 aromatic heterocycles. The highest BCUT2D eigenvalue weighted by Gasteiger charge is 2.05. The van der Waals surface area contributed by atoms with Crippen molar-refractivity contribution < 1.29 is 0 Å². The van der Waals surface area contributed by atoms with Crippen LogP contribution in [0.25, 0.3) is 0 Å². The molecule has 5 nitrogen and oxygen atoms in total. The Balaban J connectivity index is 1.99. The van der Waals surface area contributed by atoms with E-state index in [0.29, 0.717) is 6.04 Å². The summed E-state index contributed by atoms with van der Waals surface area (Å²) in [5, 5.41) is 11.9. The van der Waals surface area contributed by atoms with Gasteiger partial charge in [-0.15, -0.1) is 0 Å². The predicted octanol–water partition coefficient (Wildman–Crippen LogP) is 2.29. The van der Waals surface area contributed by atoms with Gasteiger partial charge in [0.05, 0.1) is 24.1 Å². The third-order valence-corrected chi connectivity index (χ3v) is 2.67.